The summed E-state index contributed by atoms with van der Waals surface area (Å²) in [5.41, 5.74) is 1.22. The SMILES string of the molecule is Clc1nsnc1NCc1cccc2ccccc12. The van der Waals surface area contributed by atoms with Crippen molar-refractivity contribution in [1.82, 2.24) is 8.75 Å². The highest BCUT2D eigenvalue weighted by molar-refractivity contribution is 6.99. The molecule has 3 nitrogen and oxygen atoms in total. The molecule has 0 amide bonds. The summed E-state index contributed by atoms with van der Waals surface area (Å²) in [7, 11) is 0. The van der Waals surface area contributed by atoms with Crippen molar-refractivity contribution in [1.29, 1.82) is 0 Å². The Labute approximate surface area is 114 Å². The molecule has 0 radical (unpaired) electrons. The van der Waals surface area contributed by atoms with Gasteiger partial charge >= 0.3 is 0 Å². The van der Waals surface area contributed by atoms with E-state index in [1.807, 2.05) is 12.1 Å². The first kappa shape index (κ1) is 11.4. The maximum absolute atomic E-state index is 5.90. The molecular formula is C13H10ClN3S. The van der Waals surface area contributed by atoms with Crippen molar-refractivity contribution in [2.24, 2.45) is 0 Å². The van der Waals surface area contributed by atoms with Crippen LogP contribution >= 0.6 is 23.3 Å². The molecule has 0 atom stereocenters. The molecule has 3 aromatic rings. The maximum Gasteiger partial charge on any atom is 0.186 e. The molecule has 18 heavy (non-hydrogen) atoms. The first-order chi connectivity index (χ1) is 8.84. The van der Waals surface area contributed by atoms with E-state index in [1.54, 1.807) is 0 Å². The number of nitrogens with one attached hydrogen (secondary N) is 1. The van der Waals surface area contributed by atoms with Gasteiger partial charge in [0.15, 0.2) is 11.0 Å². The van der Waals surface area contributed by atoms with Crippen molar-refractivity contribution in [3.8, 4) is 0 Å². The third-order valence-electron chi connectivity index (χ3n) is 2.77. The third kappa shape index (κ3) is 2.17. The summed E-state index contributed by atoms with van der Waals surface area (Å²) in [4.78, 5) is 0. The van der Waals surface area contributed by atoms with E-state index in [0.717, 1.165) is 11.7 Å². The van der Waals surface area contributed by atoms with Crippen LogP contribution in [0.2, 0.25) is 5.15 Å². The second-order valence-electron chi connectivity index (χ2n) is 3.90. The summed E-state index contributed by atoms with van der Waals surface area (Å²) in [6, 6.07) is 14.6. The molecule has 0 aliphatic heterocycles. The van der Waals surface area contributed by atoms with Gasteiger partial charge in [-0.3, -0.25) is 0 Å². The second-order valence-corrected chi connectivity index (χ2v) is 4.78. The topological polar surface area (TPSA) is 37.8 Å². The Hall–Kier alpha value is -1.65. The molecule has 0 saturated heterocycles. The average Bonchev–Trinajstić information content (AvgIpc) is 2.82. The Morgan fingerprint density at radius 2 is 1.89 bits per heavy atom. The minimum absolute atomic E-state index is 0.431. The van der Waals surface area contributed by atoms with E-state index in [2.05, 4.69) is 44.4 Å². The van der Waals surface area contributed by atoms with Gasteiger partial charge in [-0.1, -0.05) is 54.1 Å². The van der Waals surface area contributed by atoms with Crippen LogP contribution in [-0.2, 0) is 6.54 Å². The van der Waals surface area contributed by atoms with Gasteiger partial charge in [-0.05, 0) is 16.3 Å². The van der Waals surface area contributed by atoms with Crippen molar-refractivity contribution in [3.05, 3.63) is 53.2 Å². The van der Waals surface area contributed by atoms with E-state index in [9.17, 15) is 0 Å². The van der Waals surface area contributed by atoms with Crippen LogP contribution in [0.3, 0.4) is 0 Å². The fourth-order valence-electron chi connectivity index (χ4n) is 1.91. The van der Waals surface area contributed by atoms with Crippen molar-refractivity contribution >= 4 is 39.9 Å². The van der Waals surface area contributed by atoms with Gasteiger partial charge in [0.25, 0.3) is 0 Å². The van der Waals surface area contributed by atoms with Crippen molar-refractivity contribution < 1.29 is 0 Å². The van der Waals surface area contributed by atoms with Crippen LogP contribution in [-0.4, -0.2) is 8.75 Å². The van der Waals surface area contributed by atoms with Gasteiger partial charge in [0.05, 0.1) is 11.7 Å². The van der Waals surface area contributed by atoms with Crippen LogP contribution in [0.4, 0.5) is 5.82 Å². The lowest BCUT2D eigenvalue weighted by Crippen LogP contribution is -2.00. The minimum atomic E-state index is 0.431. The van der Waals surface area contributed by atoms with E-state index in [4.69, 9.17) is 11.6 Å². The van der Waals surface area contributed by atoms with Gasteiger partial charge in [0, 0.05) is 6.54 Å². The summed E-state index contributed by atoms with van der Waals surface area (Å²) >= 11 is 7.01. The number of hydrogen-bond donors (Lipinski definition) is 1. The van der Waals surface area contributed by atoms with Crippen molar-refractivity contribution in [2.45, 2.75) is 6.54 Å². The van der Waals surface area contributed by atoms with E-state index >= 15 is 0 Å². The molecule has 1 aromatic heterocycles. The second kappa shape index (κ2) is 4.92. The molecule has 0 bridgehead atoms. The van der Waals surface area contributed by atoms with Crippen LogP contribution in [0.15, 0.2) is 42.5 Å². The minimum Gasteiger partial charge on any atom is -0.363 e. The number of rotatable bonds is 3. The zero-order valence-electron chi connectivity index (χ0n) is 9.43. The Kier molecular flexibility index (Phi) is 3.13. The van der Waals surface area contributed by atoms with Gasteiger partial charge in [-0.25, -0.2) is 0 Å². The Balaban J connectivity index is 1.89. The monoisotopic (exact) mass is 275 g/mol. The lowest BCUT2D eigenvalue weighted by atomic mass is 10.0. The molecule has 1 heterocycles. The predicted molar refractivity (Wildman–Crippen MR) is 76.2 cm³/mol. The highest BCUT2D eigenvalue weighted by Crippen LogP contribution is 2.22. The molecule has 0 unspecified atom stereocenters. The summed E-state index contributed by atoms with van der Waals surface area (Å²) in [5, 5.41) is 6.11. The smallest absolute Gasteiger partial charge is 0.186 e. The number of benzene rings is 2. The van der Waals surface area contributed by atoms with Crippen LogP contribution in [0.1, 0.15) is 5.56 Å². The van der Waals surface area contributed by atoms with Gasteiger partial charge in [-0.15, -0.1) is 0 Å². The van der Waals surface area contributed by atoms with Gasteiger partial charge < -0.3 is 5.32 Å². The Morgan fingerprint density at radius 3 is 2.72 bits per heavy atom. The first-order valence-electron chi connectivity index (χ1n) is 5.53. The number of halogens is 1. The highest BCUT2D eigenvalue weighted by Gasteiger charge is 2.05. The molecule has 90 valence electrons. The van der Waals surface area contributed by atoms with E-state index in [0.29, 0.717) is 17.5 Å². The zero-order chi connectivity index (χ0) is 12.4. The van der Waals surface area contributed by atoms with Crippen LogP contribution in [0, 0.1) is 0 Å². The van der Waals surface area contributed by atoms with E-state index < -0.39 is 0 Å². The largest absolute Gasteiger partial charge is 0.363 e. The van der Waals surface area contributed by atoms with E-state index in [1.165, 1.54) is 16.3 Å². The quantitative estimate of drug-likeness (QED) is 0.786. The summed E-state index contributed by atoms with van der Waals surface area (Å²) < 4.78 is 8.02. The van der Waals surface area contributed by atoms with Crippen molar-refractivity contribution in [3.63, 3.8) is 0 Å². The summed E-state index contributed by atoms with van der Waals surface area (Å²) in [6.45, 7) is 0.687. The highest BCUT2D eigenvalue weighted by atomic mass is 35.5. The normalized spacial score (nSPS) is 10.7. The summed E-state index contributed by atoms with van der Waals surface area (Å²) in [5.74, 6) is 0.648. The van der Waals surface area contributed by atoms with Crippen molar-refractivity contribution in [2.75, 3.05) is 5.32 Å². The molecule has 2 aromatic carbocycles. The molecule has 5 heteroatoms. The lowest BCUT2D eigenvalue weighted by Gasteiger charge is -2.07. The average molecular weight is 276 g/mol. The molecule has 0 aliphatic carbocycles. The molecule has 1 N–H and O–H groups in total. The number of aromatic nitrogens is 2. The van der Waals surface area contributed by atoms with Gasteiger partial charge in [-0.2, -0.15) is 8.75 Å². The first-order valence-corrected chi connectivity index (χ1v) is 6.64. The fourth-order valence-corrected chi connectivity index (χ4v) is 2.59. The molecule has 0 spiro atoms. The Morgan fingerprint density at radius 1 is 1.06 bits per heavy atom. The van der Waals surface area contributed by atoms with E-state index in [-0.39, 0.29) is 0 Å². The van der Waals surface area contributed by atoms with Gasteiger partial charge in [0.2, 0.25) is 0 Å². The maximum atomic E-state index is 5.90. The zero-order valence-corrected chi connectivity index (χ0v) is 11.0. The standard InChI is InChI=1S/C13H10ClN3S/c14-12-13(17-18-16-12)15-8-10-6-3-5-9-4-1-2-7-11(9)10/h1-7H,8H2,(H,15,17). The fraction of sp³-hybridized carbons (Fsp3) is 0.0769. The van der Waals surface area contributed by atoms with Crippen LogP contribution < -0.4 is 5.32 Å². The third-order valence-corrected chi connectivity index (χ3v) is 3.67. The molecule has 0 aliphatic rings. The number of hydrogen-bond acceptors (Lipinski definition) is 4. The summed E-state index contributed by atoms with van der Waals surface area (Å²) in [6.07, 6.45) is 0. The lowest BCUT2D eigenvalue weighted by molar-refractivity contribution is 1.15. The van der Waals surface area contributed by atoms with Crippen LogP contribution in [0.25, 0.3) is 10.8 Å². The molecule has 0 fully saturated rings. The number of anilines is 1. The molecular weight excluding hydrogens is 266 g/mol. The molecule has 0 saturated carbocycles. The molecule has 3 rings (SSSR count). The predicted octanol–water partition coefficient (Wildman–Crippen LogP) is 3.96. The van der Waals surface area contributed by atoms with Gasteiger partial charge in [0.1, 0.15) is 0 Å². The number of fused-ring (bicyclic) bond motifs is 1. The van der Waals surface area contributed by atoms with Crippen LogP contribution in [0.5, 0.6) is 0 Å². The Bertz CT molecular complexity index is 675. The number of nitrogens with zero attached hydrogens (tertiary/aromatic N) is 2.